The fraction of sp³-hybridized carbons (Fsp3) is 0.568. The van der Waals surface area contributed by atoms with E-state index in [1.165, 1.54) is 27.7 Å². The third kappa shape index (κ3) is 13.4. The maximum Gasteiger partial charge on any atom is 0.380 e. The molecule has 2 aliphatic rings. The summed E-state index contributed by atoms with van der Waals surface area (Å²) in [7, 11) is -8.37. The van der Waals surface area contributed by atoms with Gasteiger partial charge < -0.3 is 43.5 Å². The summed E-state index contributed by atoms with van der Waals surface area (Å²) in [6.45, 7) is 7.64. The Kier molecular flexibility index (Phi) is 17.3. The maximum atomic E-state index is 14.9. The molecule has 63 heavy (non-hydrogen) atoms. The first-order chi connectivity index (χ1) is 29.3. The lowest BCUT2D eigenvalue weighted by atomic mass is 10.1. The number of carbonyl (C=O) groups is 2. The van der Waals surface area contributed by atoms with E-state index in [4.69, 9.17) is 32.9 Å². The number of H-pyrrole nitrogens is 2. The second-order valence-electron chi connectivity index (χ2n) is 15.2. The minimum atomic E-state index is -4.33. The third-order valence-electron chi connectivity index (χ3n) is 9.47. The topological polar surface area (TPSA) is 314 Å². The Labute approximate surface area is 356 Å². The number of aromatic nitrogens is 4. The van der Waals surface area contributed by atoms with Gasteiger partial charge in [0.25, 0.3) is 11.1 Å². The second kappa shape index (κ2) is 21.4. The predicted molar refractivity (Wildman–Crippen MR) is 215 cm³/mol. The SMILES string of the molecule is Cc1cn([C@H]2O[C@@H](COP(=O)(C[C@@H](C)C(=O)OC(C)C)Oc3ccccc3)C(O)[C@H]2F)c(=O)[nH]c1=O.Cc1cn([C@H]2O[C@@H](COP(=O)(O)C[C@@H](C)C(=O)O)C(O)[C@H]2F)c(=O)[nH]c1=O. The highest BCUT2D eigenvalue weighted by Crippen LogP contribution is 2.51. The number of aromatic amines is 2. The minimum Gasteiger partial charge on any atom is -0.481 e. The Hall–Kier alpha value is -4.64. The van der Waals surface area contributed by atoms with Crippen molar-refractivity contribution in [2.24, 2.45) is 11.8 Å². The molecule has 0 amide bonds. The average molecular weight is 939 g/mol. The summed E-state index contributed by atoms with van der Waals surface area (Å²) in [4.78, 5) is 83.8. The number of hydrogen-bond acceptors (Lipinski definition) is 16. The first kappa shape index (κ1) is 51.0. The number of benzene rings is 1. The molecule has 0 radical (unpaired) electrons. The molecule has 2 aromatic heterocycles. The number of hydrogen-bond donors (Lipinski definition) is 6. The number of carboxylic acid groups (broad SMARTS) is 1. The molecule has 0 saturated carbocycles. The van der Waals surface area contributed by atoms with Crippen LogP contribution in [0.3, 0.4) is 0 Å². The number of halogens is 2. The van der Waals surface area contributed by atoms with Crippen molar-refractivity contribution < 1.29 is 75.5 Å². The van der Waals surface area contributed by atoms with Gasteiger partial charge in [0, 0.05) is 23.5 Å². The number of alkyl halides is 2. The molecule has 350 valence electrons. The van der Waals surface area contributed by atoms with E-state index in [-0.39, 0.29) is 29.1 Å². The summed E-state index contributed by atoms with van der Waals surface area (Å²) in [5.41, 5.74) is -2.89. The smallest absolute Gasteiger partial charge is 0.380 e. The molecule has 0 aliphatic carbocycles. The van der Waals surface area contributed by atoms with Crippen LogP contribution in [0.2, 0.25) is 0 Å². The number of ether oxygens (including phenoxy) is 3. The zero-order valence-electron chi connectivity index (χ0n) is 34.8. The highest BCUT2D eigenvalue weighted by atomic mass is 31.2. The van der Waals surface area contributed by atoms with Crippen molar-refractivity contribution in [3.63, 3.8) is 0 Å². The first-order valence-corrected chi connectivity index (χ1v) is 22.8. The molecule has 2 aliphatic heterocycles. The molecule has 26 heteroatoms. The fourth-order valence-electron chi connectivity index (χ4n) is 6.05. The Morgan fingerprint density at radius 3 is 1.68 bits per heavy atom. The summed E-state index contributed by atoms with van der Waals surface area (Å²) < 4.78 is 88.2. The van der Waals surface area contributed by atoms with Gasteiger partial charge in [0.15, 0.2) is 24.8 Å². The standard InChI is InChI=1S/C23H30FN2O9P.C14H20FN2O9P/c1-13(2)33-22(29)15(4)12-36(31,35-16-8-6-5-7-9-16)32-11-17-19(27)18(24)21(34-17)26-10-14(3)20(28)25-23(26)30;1-6-3-17(14(22)16-11(6)19)12-9(15)10(18)8(26-12)4-25-27(23,24)5-7(2)13(20)21/h5-10,13,15,17-19,21,27H,11-12H2,1-4H3,(H,25,28,30);3,7-10,12,18H,4-5H2,1-2H3,(H,20,21)(H,23,24)(H,16,19,22)/t15-,17+,18-,19?,21+,36?;7-,8+,9-,10?,12+/m11/s1. The van der Waals surface area contributed by atoms with Crippen molar-refractivity contribution in [3.8, 4) is 5.75 Å². The van der Waals surface area contributed by atoms with Gasteiger partial charge in [-0.15, -0.1) is 0 Å². The summed E-state index contributed by atoms with van der Waals surface area (Å²) in [6, 6.07) is 8.13. The number of esters is 1. The lowest BCUT2D eigenvalue weighted by molar-refractivity contribution is -0.151. The zero-order chi connectivity index (χ0) is 47.1. The van der Waals surface area contributed by atoms with Crippen LogP contribution >= 0.6 is 15.2 Å². The molecule has 3 aromatic rings. The van der Waals surface area contributed by atoms with Crippen molar-refractivity contribution in [3.05, 3.63) is 95.5 Å². The van der Waals surface area contributed by atoms with Crippen LogP contribution in [0, 0.1) is 25.7 Å². The fourth-order valence-corrected chi connectivity index (χ4v) is 9.25. The van der Waals surface area contributed by atoms with Crippen LogP contribution in [0.25, 0.3) is 0 Å². The van der Waals surface area contributed by atoms with Crippen LogP contribution in [0.15, 0.2) is 61.9 Å². The van der Waals surface area contributed by atoms with Crippen LogP contribution in [0.1, 0.15) is 51.3 Å². The first-order valence-electron chi connectivity index (χ1n) is 19.3. The second-order valence-corrected chi connectivity index (χ2v) is 19.1. The van der Waals surface area contributed by atoms with Gasteiger partial charge in [-0.05, 0) is 39.8 Å². The highest BCUT2D eigenvalue weighted by molar-refractivity contribution is 7.54. The molecule has 1 aromatic carbocycles. The molecule has 12 atom stereocenters. The Morgan fingerprint density at radius 1 is 0.778 bits per heavy atom. The van der Waals surface area contributed by atoms with Gasteiger partial charge in [-0.3, -0.25) is 47.4 Å². The number of nitrogens with zero attached hydrogens (tertiary/aromatic N) is 2. The molecule has 2 saturated heterocycles. The van der Waals surface area contributed by atoms with Gasteiger partial charge >= 0.3 is 38.5 Å². The number of carboxylic acids is 1. The van der Waals surface area contributed by atoms with E-state index in [0.29, 0.717) is 0 Å². The number of aliphatic hydroxyl groups excluding tert-OH is 2. The number of aryl methyl sites for hydroxylation is 2. The summed E-state index contributed by atoms with van der Waals surface area (Å²) >= 11 is 0. The Morgan fingerprint density at radius 2 is 1.24 bits per heavy atom. The summed E-state index contributed by atoms with van der Waals surface area (Å²) in [5.74, 6) is -3.68. The predicted octanol–water partition coefficient (Wildman–Crippen LogP) is 1.68. The van der Waals surface area contributed by atoms with E-state index in [2.05, 4.69) is 0 Å². The molecule has 0 spiro atoms. The number of nitrogens with one attached hydrogen (secondary N) is 2. The number of aliphatic hydroxyl groups is 2. The maximum absolute atomic E-state index is 14.9. The van der Waals surface area contributed by atoms with Gasteiger partial charge in [-0.1, -0.05) is 32.0 Å². The molecule has 0 bridgehead atoms. The van der Waals surface area contributed by atoms with E-state index >= 15 is 0 Å². The van der Waals surface area contributed by atoms with E-state index in [9.17, 15) is 61.8 Å². The Balaban J connectivity index is 0.000000288. The van der Waals surface area contributed by atoms with Crippen molar-refractivity contribution >= 4 is 27.1 Å². The molecule has 4 unspecified atom stereocenters. The van der Waals surface area contributed by atoms with Gasteiger partial charge in [-0.25, -0.2) is 22.9 Å². The van der Waals surface area contributed by atoms with Gasteiger partial charge in [-0.2, -0.15) is 0 Å². The van der Waals surface area contributed by atoms with Crippen LogP contribution in [0.5, 0.6) is 5.75 Å². The molecule has 5 rings (SSSR count). The van der Waals surface area contributed by atoms with E-state index in [1.807, 2.05) is 9.97 Å². The third-order valence-corrected chi connectivity index (χ3v) is 13.1. The molecular formula is C37H50F2N4O18P2. The average Bonchev–Trinajstić information content (AvgIpc) is 3.64. The van der Waals surface area contributed by atoms with Crippen molar-refractivity contribution in [1.29, 1.82) is 0 Å². The van der Waals surface area contributed by atoms with Crippen molar-refractivity contribution in [2.45, 2.75) is 96.9 Å². The summed E-state index contributed by atoms with van der Waals surface area (Å²) in [6.07, 6.45) is -12.7. The van der Waals surface area contributed by atoms with Crippen molar-refractivity contribution in [2.75, 3.05) is 25.5 Å². The van der Waals surface area contributed by atoms with Crippen molar-refractivity contribution in [1.82, 2.24) is 19.1 Å². The monoisotopic (exact) mass is 938 g/mol. The molecule has 22 nitrogen and oxygen atoms in total. The lowest BCUT2D eigenvalue weighted by Crippen LogP contribution is -2.36. The number of carbonyl (C=O) groups excluding carboxylic acids is 1. The zero-order valence-corrected chi connectivity index (χ0v) is 36.6. The lowest BCUT2D eigenvalue weighted by Gasteiger charge is -2.24. The van der Waals surface area contributed by atoms with E-state index in [1.54, 1.807) is 44.2 Å². The molecule has 2 fully saturated rings. The van der Waals surface area contributed by atoms with Gasteiger partial charge in [0.2, 0.25) is 0 Å². The largest absolute Gasteiger partial charge is 0.481 e. The van der Waals surface area contributed by atoms with Crippen LogP contribution < -0.4 is 27.0 Å². The van der Waals surface area contributed by atoms with Gasteiger partial charge in [0.1, 0.15) is 30.2 Å². The molecule has 6 N–H and O–H groups in total. The normalized spacial score (nSPS) is 26.2. The number of rotatable bonds is 17. The van der Waals surface area contributed by atoms with Crippen LogP contribution in [0.4, 0.5) is 8.78 Å². The van der Waals surface area contributed by atoms with E-state index < -0.39 is 130 Å². The quantitative estimate of drug-likeness (QED) is 0.0828. The van der Waals surface area contributed by atoms with Gasteiger partial charge in [0.05, 0.1) is 43.5 Å². The summed E-state index contributed by atoms with van der Waals surface area (Å²) in [5, 5.41) is 29.1. The van der Waals surface area contributed by atoms with Crippen LogP contribution in [-0.2, 0) is 42.0 Å². The number of para-hydroxylation sites is 1. The minimum absolute atomic E-state index is 0.113. The van der Waals surface area contributed by atoms with Crippen LogP contribution in [-0.4, -0.2) is 120 Å². The highest BCUT2D eigenvalue weighted by Gasteiger charge is 2.48. The Bertz CT molecular complexity index is 2410. The molecular weight excluding hydrogens is 888 g/mol. The van der Waals surface area contributed by atoms with E-state index in [0.717, 1.165) is 21.5 Å². The number of aliphatic carboxylic acids is 1. The molecule has 4 heterocycles.